The number of hydrogen-bond acceptors (Lipinski definition) is 3. The van der Waals surface area contributed by atoms with Gasteiger partial charge in [-0.25, -0.2) is 5.01 Å². The van der Waals surface area contributed by atoms with Crippen LogP contribution in [0.5, 0.6) is 0 Å². The Balaban J connectivity index is 2.84. The molecule has 4 heteroatoms. The van der Waals surface area contributed by atoms with E-state index in [0.717, 1.165) is 0 Å². The first-order chi connectivity index (χ1) is 6.29. The summed E-state index contributed by atoms with van der Waals surface area (Å²) >= 11 is 0. The number of benzene rings is 1. The Kier molecular flexibility index (Phi) is 3.40. The Bertz CT molecular complexity index is 264. The Labute approximate surface area is 76.7 Å². The van der Waals surface area contributed by atoms with Crippen LogP contribution in [-0.4, -0.2) is 17.8 Å². The van der Waals surface area contributed by atoms with Crippen molar-refractivity contribution in [2.75, 3.05) is 11.6 Å². The van der Waals surface area contributed by atoms with Crippen LogP contribution in [-0.2, 0) is 0 Å². The van der Waals surface area contributed by atoms with E-state index < -0.39 is 0 Å². The fourth-order valence-electron chi connectivity index (χ4n) is 1.04. The molecule has 1 aromatic rings. The van der Waals surface area contributed by atoms with E-state index in [2.05, 4.69) is 5.29 Å². The minimum absolute atomic E-state index is 0.0966. The third kappa shape index (κ3) is 2.26. The molecule has 0 saturated carbocycles. The Morgan fingerprint density at radius 3 is 2.54 bits per heavy atom. The van der Waals surface area contributed by atoms with Crippen molar-refractivity contribution in [2.45, 2.75) is 13.0 Å². The molecule has 0 spiro atoms. The van der Waals surface area contributed by atoms with Crippen LogP contribution >= 0.6 is 0 Å². The molecule has 0 aliphatic rings. The highest BCUT2D eigenvalue weighted by molar-refractivity contribution is 5.45. The highest BCUT2D eigenvalue weighted by Gasteiger charge is 2.13. The van der Waals surface area contributed by atoms with Crippen molar-refractivity contribution < 1.29 is 5.11 Å². The van der Waals surface area contributed by atoms with Crippen molar-refractivity contribution in [3.8, 4) is 0 Å². The number of para-hydroxylation sites is 1. The summed E-state index contributed by atoms with van der Waals surface area (Å²) in [6, 6.07) is 8.74. The maximum absolute atomic E-state index is 10.5. The first-order valence-electron chi connectivity index (χ1n) is 4.08. The number of aliphatic hydroxyl groups is 1. The second-order valence-corrected chi connectivity index (χ2v) is 2.79. The van der Waals surface area contributed by atoms with Gasteiger partial charge in [0.05, 0.1) is 23.6 Å². The molecule has 0 radical (unpaired) electrons. The maximum Gasteiger partial charge on any atom is 0.0760 e. The molecular weight excluding hydrogens is 168 g/mol. The number of rotatable bonds is 4. The lowest BCUT2D eigenvalue weighted by Gasteiger charge is -2.20. The molecule has 1 atom stereocenters. The van der Waals surface area contributed by atoms with Gasteiger partial charge in [-0.15, -0.1) is 4.91 Å². The van der Waals surface area contributed by atoms with Crippen LogP contribution in [0.25, 0.3) is 0 Å². The van der Waals surface area contributed by atoms with E-state index in [1.807, 2.05) is 18.2 Å². The zero-order valence-electron chi connectivity index (χ0n) is 7.42. The monoisotopic (exact) mass is 180 g/mol. The third-order valence-corrected chi connectivity index (χ3v) is 1.79. The molecule has 0 heterocycles. The Morgan fingerprint density at radius 1 is 1.46 bits per heavy atom. The van der Waals surface area contributed by atoms with E-state index in [1.165, 1.54) is 5.01 Å². The van der Waals surface area contributed by atoms with Gasteiger partial charge >= 0.3 is 0 Å². The molecule has 1 unspecified atom stereocenters. The second kappa shape index (κ2) is 4.57. The van der Waals surface area contributed by atoms with E-state index in [-0.39, 0.29) is 12.6 Å². The van der Waals surface area contributed by atoms with Crippen molar-refractivity contribution >= 4 is 5.69 Å². The lowest BCUT2D eigenvalue weighted by atomic mass is 10.2. The van der Waals surface area contributed by atoms with Crippen LogP contribution in [0.15, 0.2) is 35.6 Å². The largest absolute Gasteiger partial charge is 0.394 e. The Morgan fingerprint density at radius 2 is 2.08 bits per heavy atom. The van der Waals surface area contributed by atoms with Gasteiger partial charge in [-0.1, -0.05) is 18.2 Å². The molecule has 1 aromatic carbocycles. The highest BCUT2D eigenvalue weighted by Crippen LogP contribution is 2.15. The molecule has 13 heavy (non-hydrogen) atoms. The quantitative estimate of drug-likeness (QED) is 0.565. The number of hydrogen-bond donors (Lipinski definition) is 1. The average molecular weight is 180 g/mol. The first-order valence-corrected chi connectivity index (χ1v) is 4.08. The fraction of sp³-hybridized carbons (Fsp3) is 0.333. The minimum atomic E-state index is -0.292. The van der Waals surface area contributed by atoms with Gasteiger partial charge in [0.2, 0.25) is 0 Å². The number of aliphatic hydroxyl groups excluding tert-OH is 1. The van der Waals surface area contributed by atoms with Crippen LogP contribution in [0.3, 0.4) is 0 Å². The summed E-state index contributed by atoms with van der Waals surface area (Å²) < 4.78 is 0. The van der Waals surface area contributed by atoms with Gasteiger partial charge in [-0.3, -0.25) is 0 Å². The summed E-state index contributed by atoms with van der Waals surface area (Å²) in [6.07, 6.45) is 0. The van der Waals surface area contributed by atoms with Crippen LogP contribution in [0, 0.1) is 4.91 Å². The maximum atomic E-state index is 10.5. The predicted octanol–water partition coefficient (Wildman–Crippen LogP) is 1.56. The molecule has 1 N–H and O–H groups in total. The van der Waals surface area contributed by atoms with Gasteiger partial charge in [0.1, 0.15) is 0 Å². The highest BCUT2D eigenvalue weighted by atomic mass is 16.3. The van der Waals surface area contributed by atoms with E-state index in [4.69, 9.17) is 5.11 Å². The molecule has 0 bridgehead atoms. The topological polar surface area (TPSA) is 52.9 Å². The van der Waals surface area contributed by atoms with Gasteiger partial charge in [0.15, 0.2) is 0 Å². The smallest absolute Gasteiger partial charge is 0.0760 e. The van der Waals surface area contributed by atoms with Crippen LogP contribution in [0.1, 0.15) is 6.92 Å². The molecule has 0 amide bonds. The summed E-state index contributed by atoms with van der Waals surface area (Å²) in [5.41, 5.74) is 0.694. The van der Waals surface area contributed by atoms with Gasteiger partial charge in [0, 0.05) is 0 Å². The molecule has 1 rings (SSSR count). The van der Waals surface area contributed by atoms with Crippen LogP contribution in [0.2, 0.25) is 0 Å². The van der Waals surface area contributed by atoms with Gasteiger partial charge in [-0.2, -0.15) is 0 Å². The van der Waals surface area contributed by atoms with Crippen molar-refractivity contribution in [1.29, 1.82) is 0 Å². The first kappa shape index (κ1) is 9.67. The second-order valence-electron chi connectivity index (χ2n) is 2.79. The lowest BCUT2D eigenvalue weighted by molar-refractivity contribution is 0.267. The van der Waals surface area contributed by atoms with E-state index in [9.17, 15) is 4.91 Å². The van der Waals surface area contributed by atoms with Crippen molar-refractivity contribution in [2.24, 2.45) is 5.29 Å². The van der Waals surface area contributed by atoms with Crippen molar-refractivity contribution in [3.05, 3.63) is 35.2 Å². The number of nitrogens with zero attached hydrogens (tertiary/aromatic N) is 2. The van der Waals surface area contributed by atoms with Crippen molar-refractivity contribution in [3.63, 3.8) is 0 Å². The lowest BCUT2D eigenvalue weighted by Crippen LogP contribution is -2.30. The summed E-state index contributed by atoms with van der Waals surface area (Å²) in [4.78, 5) is 10.5. The van der Waals surface area contributed by atoms with Gasteiger partial charge in [-0.05, 0) is 19.1 Å². The molecule has 0 fully saturated rings. The summed E-state index contributed by atoms with van der Waals surface area (Å²) in [5.74, 6) is 0. The van der Waals surface area contributed by atoms with Gasteiger partial charge in [0.25, 0.3) is 0 Å². The summed E-state index contributed by atoms with van der Waals surface area (Å²) in [6.45, 7) is 1.63. The van der Waals surface area contributed by atoms with Crippen LogP contribution < -0.4 is 5.01 Å². The van der Waals surface area contributed by atoms with Gasteiger partial charge < -0.3 is 5.11 Å². The Hall–Kier alpha value is -1.42. The minimum Gasteiger partial charge on any atom is -0.394 e. The van der Waals surface area contributed by atoms with E-state index in [1.54, 1.807) is 19.1 Å². The number of anilines is 1. The number of nitroso groups, excluding NO2 is 1. The zero-order chi connectivity index (χ0) is 9.68. The summed E-state index contributed by atoms with van der Waals surface area (Å²) in [7, 11) is 0. The SMILES string of the molecule is CC(CO)N(N=O)c1ccccc1. The fourth-order valence-corrected chi connectivity index (χ4v) is 1.04. The normalized spacial score (nSPS) is 12.2. The molecule has 70 valence electrons. The van der Waals surface area contributed by atoms with Crippen molar-refractivity contribution in [1.82, 2.24) is 0 Å². The van der Waals surface area contributed by atoms with E-state index in [0.29, 0.717) is 5.69 Å². The molecule has 0 saturated heterocycles. The molecule has 0 aliphatic carbocycles. The summed E-state index contributed by atoms with van der Waals surface area (Å²) in [5, 5.41) is 13.0. The molecule has 0 aromatic heterocycles. The van der Waals surface area contributed by atoms with E-state index >= 15 is 0 Å². The van der Waals surface area contributed by atoms with Crippen LogP contribution in [0.4, 0.5) is 5.69 Å². The average Bonchev–Trinajstić information content (AvgIpc) is 2.20. The molecule has 4 nitrogen and oxygen atoms in total. The molecular formula is C9H12N2O2. The third-order valence-electron chi connectivity index (χ3n) is 1.79. The standard InChI is InChI=1S/C9H12N2O2/c1-8(7-12)11(10-13)9-5-3-2-4-6-9/h2-6,8,12H,7H2,1H3. The predicted molar refractivity (Wildman–Crippen MR) is 51.3 cm³/mol. The zero-order valence-corrected chi connectivity index (χ0v) is 7.42. The molecule has 0 aliphatic heterocycles.